The number of carbonyl (C=O) groups excluding carboxylic acids is 1. The summed E-state index contributed by atoms with van der Waals surface area (Å²) in [5, 5.41) is 13.1. The van der Waals surface area contributed by atoms with Crippen LogP contribution in [0.15, 0.2) is 42.5 Å². The molecule has 1 unspecified atom stereocenters. The van der Waals surface area contributed by atoms with Crippen LogP contribution in [0, 0.1) is 6.92 Å². The van der Waals surface area contributed by atoms with Crippen LogP contribution in [0.3, 0.4) is 0 Å². The van der Waals surface area contributed by atoms with Crippen molar-refractivity contribution >= 4 is 23.2 Å². The predicted octanol–water partition coefficient (Wildman–Crippen LogP) is 3.95. The van der Waals surface area contributed by atoms with Gasteiger partial charge in [-0.2, -0.15) is 0 Å². The highest BCUT2D eigenvalue weighted by molar-refractivity contribution is 6.31. The molecule has 0 saturated heterocycles. The van der Waals surface area contributed by atoms with Crippen LogP contribution in [0.25, 0.3) is 0 Å². The molecule has 0 aliphatic heterocycles. The van der Waals surface area contributed by atoms with Crippen molar-refractivity contribution in [3.63, 3.8) is 0 Å². The monoisotopic (exact) mass is 289 g/mol. The zero-order valence-electron chi connectivity index (χ0n) is 11.4. The lowest BCUT2D eigenvalue weighted by molar-refractivity contribution is 0.102. The first-order valence-corrected chi connectivity index (χ1v) is 6.71. The molecule has 3 nitrogen and oxygen atoms in total. The first kappa shape index (κ1) is 14.6. The van der Waals surface area contributed by atoms with Gasteiger partial charge in [0.1, 0.15) is 0 Å². The van der Waals surface area contributed by atoms with E-state index in [2.05, 4.69) is 5.32 Å². The van der Waals surface area contributed by atoms with Gasteiger partial charge in [0, 0.05) is 21.8 Å². The molecule has 2 rings (SSSR count). The summed E-state index contributed by atoms with van der Waals surface area (Å²) in [5.41, 5.74) is 2.66. The highest BCUT2D eigenvalue weighted by atomic mass is 35.5. The van der Waals surface area contributed by atoms with E-state index in [1.807, 2.05) is 19.1 Å². The number of nitrogens with one attached hydrogen (secondary N) is 1. The van der Waals surface area contributed by atoms with E-state index < -0.39 is 6.10 Å². The number of aliphatic hydroxyl groups excluding tert-OH is 1. The Hall–Kier alpha value is -1.84. The van der Waals surface area contributed by atoms with Crippen molar-refractivity contribution in [1.82, 2.24) is 0 Å². The third kappa shape index (κ3) is 3.18. The molecule has 0 aliphatic carbocycles. The van der Waals surface area contributed by atoms with Crippen molar-refractivity contribution in [3.8, 4) is 0 Å². The summed E-state index contributed by atoms with van der Waals surface area (Å²) in [7, 11) is 0. The molecule has 0 heterocycles. The number of aliphatic hydroxyl groups is 1. The third-order valence-corrected chi connectivity index (χ3v) is 3.34. The van der Waals surface area contributed by atoms with Gasteiger partial charge >= 0.3 is 0 Å². The molecule has 2 aromatic carbocycles. The maximum Gasteiger partial charge on any atom is 0.255 e. The molecule has 104 valence electrons. The van der Waals surface area contributed by atoms with Crippen molar-refractivity contribution in [2.24, 2.45) is 0 Å². The molecule has 20 heavy (non-hydrogen) atoms. The van der Waals surface area contributed by atoms with Gasteiger partial charge in [0.15, 0.2) is 0 Å². The molecule has 0 fully saturated rings. The highest BCUT2D eigenvalue weighted by Crippen LogP contribution is 2.24. The highest BCUT2D eigenvalue weighted by Gasteiger charge is 2.13. The molecular weight excluding hydrogens is 274 g/mol. The molecule has 0 saturated carbocycles. The topological polar surface area (TPSA) is 49.3 Å². The van der Waals surface area contributed by atoms with Gasteiger partial charge in [-0.15, -0.1) is 0 Å². The van der Waals surface area contributed by atoms with Gasteiger partial charge in [0.05, 0.1) is 6.10 Å². The number of hydrogen-bond acceptors (Lipinski definition) is 2. The lowest BCUT2D eigenvalue weighted by Crippen LogP contribution is -2.15. The van der Waals surface area contributed by atoms with E-state index in [-0.39, 0.29) is 5.91 Å². The Morgan fingerprint density at radius 1 is 1.25 bits per heavy atom. The van der Waals surface area contributed by atoms with Gasteiger partial charge in [0.25, 0.3) is 5.91 Å². The Labute approximate surface area is 123 Å². The number of hydrogen-bond donors (Lipinski definition) is 2. The summed E-state index contributed by atoms with van der Waals surface area (Å²) < 4.78 is 0. The Morgan fingerprint density at radius 3 is 2.65 bits per heavy atom. The standard InChI is InChI=1S/C16H16ClNO2/c1-10-7-8-12(17)9-14(10)16(20)18-15-6-4-3-5-13(15)11(2)19/h3-9,11,19H,1-2H3,(H,18,20). The van der Waals surface area contributed by atoms with Gasteiger partial charge in [-0.3, -0.25) is 4.79 Å². The van der Waals surface area contributed by atoms with Crippen LogP contribution in [0.1, 0.15) is 34.5 Å². The van der Waals surface area contributed by atoms with Crippen molar-refractivity contribution in [2.75, 3.05) is 5.32 Å². The van der Waals surface area contributed by atoms with Crippen LogP contribution < -0.4 is 5.32 Å². The van der Waals surface area contributed by atoms with Gasteiger partial charge in [-0.05, 0) is 37.6 Å². The number of rotatable bonds is 3. The molecule has 0 bridgehead atoms. The zero-order valence-corrected chi connectivity index (χ0v) is 12.1. The fraction of sp³-hybridized carbons (Fsp3) is 0.188. The van der Waals surface area contributed by atoms with E-state index in [1.165, 1.54) is 0 Å². The molecular formula is C16H16ClNO2. The second kappa shape index (κ2) is 6.07. The van der Waals surface area contributed by atoms with Crippen molar-refractivity contribution < 1.29 is 9.90 Å². The van der Waals surface area contributed by atoms with E-state index in [0.717, 1.165) is 5.56 Å². The number of halogens is 1. The summed E-state index contributed by atoms with van der Waals surface area (Å²) in [6.45, 7) is 3.52. The number of aryl methyl sites for hydroxylation is 1. The number of anilines is 1. The van der Waals surface area contributed by atoms with E-state index in [1.54, 1.807) is 37.3 Å². The number of benzene rings is 2. The van der Waals surface area contributed by atoms with Crippen molar-refractivity contribution in [3.05, 3.63) is 64.2 Å². The van der Waals surface area contributed by atoms with E-state index in [9.17, 15) is 9.90 Å². The SMILES string of the molecule is Cc1ccc(Cl)cc1C(=O)Nc1ccccc1C(C)O. The fourth-order valence-corrected chi connectivity index (χ4v) is 2.18. The van der Waals surface area contributed by atoms with Crippen LogP contribution in [0.2, 0.25) is 5.02 Å². The second-order valence-corrected chi connectivity index (χ2v) is 5.11. The minimum absolute atomic E-state index is 0.238. The maximum atomic E-state index is 12.3. The van der Waals surface area contributed by atoms with Crippen LogP contribution in [0.4, 0.5) is 5.69 Å². The van der Waals surface area contributed by atoms with E-state index >= 15 is 0 Å². The minimum Gasteiger partial charge on any atom is -0.389 e. The molecule has 4 heteroatoms. The summed E-state index contributed by atoms with van der Waals surface area (Å²) in [6.07, 6.45) is -0.646. The van der Waals surface area contributed by atoms with Crippen LogP contribution in [-0.4, -0.2) is 11.0 Å². The number of amides is 1. The molecule has 1 atom stereocenters. The van der Waals surface area contributed by atoms with Gasteiger partial charge in [-0.1, -0.05) is 35.9 Å². The average Bonchev–Trinajstić information content (AvgIpc) is 2.41. The predicted molar refractivity (Wildman–Crippen MR) is 81.2 cm³/mol. The summed E-state index contributed by atoms with van der Waals surface area (Å²) in [5.74, 6) is -0.238. The van der Waals surface area contributed by atoms with Gasteiger partial charge in [-0.25, -0.2) is 0 Å². The molecule has 0 spiro atoms. The summed E-state index contributed by atoms with van der Waals surface area (Å²) in [4.78, 5) is 12.3. The largest absolute Gasteiger partial charge is 0.389 e. The summed E-state index contributed by atoms with van der Waals surface area (Å²) >= 11 is 5.93. The van der Waals surface area contributed by atoms with Crippen LogP contribution in [-0.2, 0) is 0 Å². The van der Waals surface area contributed by atoms with Crippen LogP contribution >= 0.6 is 11.6 Å². The first-order valence-electron chi connectivity index (χ1n) is 6.33. The maximum absolute atomic E-state index is 12.3. The quantitative estimate of drug-likeness (QED) is 0.899. The average molecular weight is 290 g/mol. The normalized spacial score (nSPS) is 12.0. The first-order chi connectivity index (χ1) is 9.49. The number of para-hydroxylation sites is 1. The van der Waals surface area contributed by atoms with Crippen molar-refractivity contribution in [1.29, 1.82) is 0 Å². The van der Waals surface area contributed by atoms with Gasteiger partial charge in [0.2, 0.25) is 0 Å². The Morgan fingerprint density at radius 2 is 1.95 bits per heavy atom. The smallest absolute Gasteiger partial charge is 0.255 e. The minimum atomic E-state index is -0.646. The Balaban J connectivity index is 2.31. The Kier molecular flexibility index (Phi) is 4.42. The molecule has 1 amide bonds. The lowest BCUT2D eigenvalue weighted by atomic mass is 10.1. The van der Waals surface area contributed by atoms with Crippen molar-refractivity contribution in [2.45, 2.75) is 20.0 Å². The van der Waals surface area contributed by atoms with Gasteiger partial charge < -0.3 is 10.4 Å². The summed E-state index contributed by atoms with van der Waals surface area (Å²) in [6, 6.07) is 12.4. The van der Waals surface area contributed by atoms with E-state index in [4.69, 9.17) is 11.6 Å². The number of carbonyl (C=O) groups is 1. The second-order valence-electron chi connectivity index (χ2n) is 4.68. The molecule has 0 radical (unpaired) electrons. The molecule has 0 aromatic heterocycles. The molecule has 2 N–H and O–H groups in total. The van der Waals surface area contributed by atoms with Crippen LogP contribution in [0.5, 0.6) is 0 Å². The fourth-order valence-electron chi connectivity index (χ4n) is 2.00. The third-order valence-electron chi connectivity index (χ3n) is 3.10. The zero-order chi connectivity index (χ0) is 14.7. The molecule has 2 aromatic rings. The lowest BCUT2D eigenvalue weighted by Gasteiger charge is -2.14. The van der Waals surface area contributed by atoms with E-state index in [0.29, 0.717) is 21.8 Å². The molecule has 0 aliphatic rings. The Bertz CT molecular complexity index is 638.